The number of hydrogen-bond acceptors (Lipinski definition) is 4. The molecule has 26 heavy (non-hydrogen) atoms. The number of aryl methyl sites for hydroxylation is 2. The van der Waals surface area contributed by atoms with Crippen molar-refractivity contribution in [3.05, 3.63) is 46.6 Å². The molecule has 3 rings (SSSR count). The zero-order valence-electron chi connectivity index (χ0n) is 16.1. The van der Waals surface area contributed by atoms with Crippen LogP contribution in [0.15, 0.2) is 22.6 Å². The summed E-state index contributed by atoms with van der Waals surface area (Å²) in [6, 6.07) is 5.38. The van der Waals surface area contributed by atoms with Crippen molar-refractivity contribution in [3.8, 4) is 0 Å². The molecule has 6 heteroatoms. The summed E-state index contributed by atoms with van der Waals surface area (Å²) in [6.45, 7) is 11.7. The highest BCUT2D eigenvalue weighted by Crippen LogP contribution is 2.22. The predicted octanol–water partition coefficient (Wildman–Crippen LogP) is 3.76. The topological polar surface area (TPSA) is 73.0 Å². The molecule has 1 aromatic carbocycles. The Kier molecular flexibility index (Phi) is 5.11. The summed E-state index contributed by atoms with van der Waals surface area (Å²) in [5, 5.41) is 7.51. The first-order valence-electron chi connectivity index (χ1n) is 9.12. The Morgan fingerprint density at radius 3 is 2.73 bits per heavy atom. The molecule has 0 spiro atoms. The van der Waals surface area contributed by atoms with Crippen molar-refractivity contribution >= 4 is 17.0 Å². The molecule has 3 aromatic rings. The van der Waals surface area contributed by atoms with Crippen LogP contribution in [0.3, 0.4) is 0 Å². The second-order valence-electron chi connectivity index (χ2n) is 6.86. The minimum Gasteiger partial charge on any atom is -0.440 e. The Bertz CT molecular complexity index is 937. The molecule has 0 saturated carbocycles. The fourth-order valence-corrected chi connectivity index (χ4v) is 3.14. The number of carbonyl (C=O) groups is 1. The lowest BCUT2D eigenvalue weighted by molar-refractivity contribution is 0.0954. The maximum absolute atomic E-state index is 12.5. The number of hydrogen-bond donors (Lipinski definition) is 1. The van der Waals surface area contributed by atoms with Gasteiger partial charge in [0.05, 0.1) is 5.69 Å². The van der Waals surface area contributed by atoms with Crippen molar-refractivity contribution < 1.29 is 9.21 Å². The molecule has 2 heterocycles. The van der Waals surface area contributed by atoms with Crippen molar-refractivity contribution in [1.82, 2.24) is 20.1 Å². The summed E-state index contributed by atoms with van der Waals surface area (Å²) in [6.07, 6.45) is 0.769. The highest BCUT2D eigenvalue weighted by molar-refractivity contribution is 5.97. The molecule has 1 amide bonds. The molecule has 0 bridgehead atoms. The minimum atomic E-state index is -0.104. The lowest BCUT2D eigenvalue weighted by Crippen LogP contribution is -2.25. The minimum absolute atomic E-state index is 0.104. The predicted molar refractivity (Wildman–Crippen MR) is 102 cm³/mol. The van der Waals surface area contributed by atoms with Crippen LogP contribution < -0.4 is 5.32 Å². The summed E-state index contributed by atoms with van der Waals surface area (Å²) >= 11 is 0. The molecule has 138 valence electrons. The van der Waals surface area contributed by atoms with Gasteiger partial charge in [0.1, 0.15) is 5.52 Å². The normalized spacial score (nSPS) is 11.5. The van der Waals surface area contributed by atoms with Crippen LogP contribution in [-0.4, -0.2) is 27.2 Å². The largest absolute Gasteiger partial charge is 0.440 e. The Labute approximate surface area is 153 Å². The van der Waals surface area contributed by atoms with E-state index in [9.17, 15) is 4.79 Å². The monoisotopic (exact) mass is 354 g/mol. The summed E-state index contributed by atoms with van der Waals surface area (Å²) in [5.41, 5.74) is 5.42. The maximum atomic E-state index is 12.5. The summed E-state index contributed by atoms with van der Waals surface area (Å²) in [5.74, 6) is 0.805. The summed E-state index contributed by atoms with van der Waals surface area (Å²) < 4.78 is 7.74. The van der Waals surface area contributed by atoms with Gasteiger partial charge < -0.3 is 9.73 Å². The third kappa shape index (κ3) is 3.49. The zero-order valence-corrected chi connectivity index (χ0v) is 16.1. The molecular weight excluding hydrogens is 328 g/mol. The average molecular weight is 354 g/mol. The SMILES string of the molecule is CCn1nc(C)c(CCNC(=O)c2ccc3nc(C(C)C)oc3c2)c1C. The van der Waals surface area contributed by atoms with Gasteiger partial charge in [0.15, 0.2) is 11.5 Å². The van der Waals surface area contributed by atoms with Crippen LogP contribution >= 0.6 is 0 Å². The van der Waals surface area contributed by atoms with Gasteiger partial charge in [-0.1, -0.05) is 13.8 Å². The van der Waals surface area contributed by atoms with E-state index >= 15 is 0 Å². The Morgan fingerprint density at radius 1 is 1.31 bits per heavy atom. The number of nitrogens with one attached hydrogen (secondary N) is 1. The molecule has 0 aliphatic carbocycles. The number of fused-ring (bicyclic) bond motifs is 1. The summed E-state index contributed by atoms with van der Waals surface area (Å²) in [7, 11) is 0. The molecule has 0 unspecified atom stereocenters. The van der Waals surface area contributed by atoms with Gasteiger partial charge >= 0.3 is 0 Å². The first-order chi connectivity index (χ1) is 12.4. The first kappa shape index (κ1) is 18.2. The molecular formula is C20H26N4O2. The van der Waals surface area contributed by atoms with Crippen LogP contribution in [-0.2, 0) is 13.0 Å². The number of carbonyl (C=O) groups excluding carboxylic acids is 1. The van der Waals surface area contributed by atoms with E-state index in [0.29, 0.717) is 23.6 Å². The average Bonchev–Trinajstić information content (AvgIpc) is 3.16. The van der Waals surface area contributed by atoms with Crippen molar-refractivity contribution in [2.45, 2.75) is 53.5 Å². The van der Waals surface area contributed by atoms with E-state index in [2.05, 4.69) is 29.2 Å². The molecule has 0 fully saturated rings. The van der Waals surface area contributed by atoms with Gasteiger partial charge in [-0.05, 0) is 51.0 Å². The molecule has 6 nitrogen and oxygen atoms in total. The lowest BCUT2D eigenvalue weighted by atomic mass is 10.1. The van der Waals surface area contributed by atoms with Crippen LogP contribution in [0.4, 0.5) is 0 Å². The van der Waals surface area contributed by atoms with Crippen molar-refractivity contribution in [2.75, 3.05) is 6.54 Å². The number of benzene rings is 1. The quantitative estimate of drug-likeness (QED) is 0.731. The standard InChI is InChI=1S/C20H26N4O2/c1-6-24-14(5)16(13(4)23-24)9-10-21-19(25)15-7-8-17-18(11-15)26-20(22-17)12(2)3/h7-8,11-12H,6,9-10H2,1-5H3,(H,21,25). The van der Waals surface area contributed by atoms with E-state index in [4.69, 9.17) is 4.42 Å². The van der Waals surface area contributed by atoms with Crippen LogP contribution in [0.1, 0.15) is 59.9 Å². The van der Waals surface area contributed by atoms with Crippen LogP contribution in [0.5, 0.6) is 0 Å². The number of nitrogens with zero attached hydrogens (tertiary/aromatic N) is 3. The van der Waals surface area contributed by atoms with Gasteiger partial charge in [0.25, 0.3) is 5.91 Å². The van der Waals surface area contributed by atoms with E-state index in [-0.39, 0.29) is 11.8 Å². The fraction of sp³-hybridized carbons (Fsp3) is 0.450. The number of rotatable bonds is 6. The Morgan fingerprint density at radius 2 is 2.08 bits per heavy atom. The van der Waals surface area contributed by atoms with Crippen molar-refractivity contribution in [2.24, 2.45) is 0 Å². The third-order valence-corrected chi connectivity index (χ3v) is 4.65. The third-order valence-electron chi connectivity index (χ3n) is 4.65. The maximum Gasteiger partial charge on any atom is 0.251 e. The molecule has 0 aliphatic heterocycles. The number of amides is 1. The van der Waals surface area contributed by atoms with Gasteiger partial charge in [-0.25, -0.2) is 4.98 Å². The van der Waals surface area contributed by atoms with Gasteiger partial charge in [0.2, 0.25) is 0 Å². The smallest absolute Gasteiger partial charge is 0.251 e. The van der Waals surface area contributed by atoms with Gasteiger partial charge in [-0.2, -0.15) is 5.10 Å². The number of oxazole rings is 1. The van der Waals surface area contributed by atoms with Crippen molar-refractivity contribution in [3.63, 3.8) is 0 Å². The van der Waals surface area contributed by atoms with Gasteiger partial charge in [-0.15, -0.1) is 0 Å². The molecule has 2 aromatic heterocycles. The van der Waals surface area contributed by atoms with E-state index in [0.717, 1.165) is 24.2 Å². The second-order valence-corrected chi connectivity index (χ2v) is 6.86. The second kappa shape index (κ2) is 7.32. The van der Waals surface area contributed by atoms with Gasteiger partial charge in [0, 0.05) is 30.3 Å². The van der Waals surface area contributed by atoms with E-state index in [1.54, 1.807) is 12.1 Å². The van der Waals surface area contributed by atoms with E-state index in [1.807, 2.05) is 31.5 Å². The van der Waals surface area contributed by atoms with Crippen molar-refractivity contribution in [1.29, 1.82) is 0 Å². The molecule has 0 saturated heterocycles. The highest BCUT2D eigenvalue weighted by atomic mass is 16.3. The van der Waals surface area contributed by atoms with Crippen LogP contribution in [0.25, 0.3) is 11.1 Å². The van der Waals surface area contributed by atoms with Gasteiger partial charge in [-0.3, -0.25) is 9.48 Å². The lowest BCUT2D eigenvalue weighted by Gasteiger charge is -2.06. The molecule has 0 radical (unpaired) electrons. The fourth-order valence-electron chi connectivity index (χ4n) is 3.14. The molecule has 0 atom stereocenters. The van der Waals surface area contributed by atoms with E-state index in [1.165, 1.54) is 11.3 Å². The first-order valence-corrected chi connectivity index (χ1v) is 9.12. The molecule has 1 N–H and O–H groups in total. The Balaban J connectivity index is 1.67. The molecule has 0 aliphatic rings. The number of aromatic nitrogens is 3. The van der Waals surface area contributed by atoms with Crippen LogP contribution in [0, 0.1) is 13.8 Å². The Hall–Kier alpha value is -2.63. The van der Waals surface area contributed by atoms with E-state index < -0.39 is 0 Å². The van der Waals surface area contributed by atoms with Crippen LogP contribution in [0.2, 0.25) is 0 Å². The highest BCUT2D eigenvalue weighted by Gasteiger charge is 2.14. The zero-order chi connectivity index (χ0) is 18.8. The summed E-state index contributed by atoms with van der Waals surface area (Å²) in [4.78, 5) is 16.9.